The number of benzene rings is 1. The van der Waals surface area contributed by atoms with Gasteiger partial charge >= 0.3 is 5.97 Å². The highest BCUT2D eigenvalue weighted by molar-refractivity contribution is 7.98. The van der Waals surface area contributed by atoms with Gasteiger partial charge in [0.1, 0.15) is 5.75 Å². The predicted molar refractivity (Wildman–Crippen MR) is 88.2 cm³/mol. The molecule has 1 heterocycles. The van der Waals surface area contributed by atoms with Gasteiger partial charge in [0.25, 0.3) is 0 Å². The molecule has 0 atom stereocenters. The van der Waals surface area contributed by atoms with Crippen molar-refractivity contribution in [3.05, 3.63) is 34.9 Å². The Morgan fingerprint density at radius 2 is 2.17 bits per heavy atom. The third-order valence-electron chi connectivity index (χ3n) is 3.25. The Morgan fingerprint density at radius 1 is 1.35 bits per heavy atom. The number of hydrogen-bond donors (Lipinski definition) is 1. The molecule has 126 valence electrons. The number of carbonyl (C=O) groups is 1. The van der Waals surface area contributed by atoms with Crippen molar-refractivity contribution in [2.45, 2.75) is 32.1 Å². The Labute approximate surface area is 140 Å². The standard InChI is InChI=1S/C16H21NO5S/c1-20-14-8-6-7-13(11-14)12-16-21-17(22-23-16)10-5-3-2-4-9-15(18)19/h6-8,11-12H,2-5,9-10H2,1H3,(H,18,19)/b16-12-. The molecule has 1 aromatic carbocycles. The van der Waals surface area contributed by atoms with Crippen LogP contribution in [-0.2, 0) is 13.9 Å². The number of rotatable bonds is 9. The van der Waals surface area contributed by atoms with Crippen molar-refractivity contribution in [2.75, 3.05) is 13.7 Å². The van der Waals surface area contributed by atoms with Crippen LogP contribution in [0, 0.1) is 0 Å². The predicted octanol–water partition coefficient (Wildman–Crippen LogP) is 3.86. The zero-order valence-corrected chi connectivity index (χ0v) is 13.9. The third kappa shape index (κ3) is 6.52. The Kier molecular flexibility index (Phi) is 7.25. The lowest BCUT2D eigenvalue weighted by Gasteiger charge is -2.09. The van der Waals surface area contributed by atoms with Gasteiger partial charge in [-0.25, -0.2) is 0 Å². The van der Waals surface area contributed by atoms with Crippen LogP contribution in [0.2, 0.25) is 0 Å². The van der Waals surface area contributed by atoms with Crippen LogP contribution in [0.15, 0.2) is 29.4 Å². The molecule has 0 amide bonds. The first-order valence-corrected chi connectivity index (χ1v) is 8.29. The molecule has 0 aliphatic carbocycles. The molecule has 1 aliphatic heterocycles. The van der Waals surface area contributed by atoms with Gasteiger partial charge in [-0.2, -0.15) is 4.28 Å². The highest BCUT2D eigenvalue weighted by Crippen LogP contribution is 2.32. The summed E-state index contributed by atoms with van der Waals surface area (Å²) in [5.41, 5.74) is 0.978. The summed E-state index contributed by atoms with van der Waals surface area (Å²) in [5, 5.41) is 10.7. The molecule has 23 heavy (non-hydrogen) atoms. The van der Waals surface area contributed by atoms with Gasteiger partial charge in [0.05, 0.1) is 25.7 Å². The molecule has 1 aliphatic rings. The molecular formula is C16H21NO5S. The summed E-state index contributed by atoms with van der Waals surface area (Å²) < 4.78 is 10.6. The first-order chi connectivity index (χ1) is 11.2. The summed E-state index contributed by atoms with van der Waals surface area (Å²) in [7, 11) is 1.63. The molecule has 1 aromatic rings. The molecule has 0 aromatic heterocycles. The van der Waals surface area contributed by atoms with Gasteiger partial charge in [-0.3, -0.25) is 4.79 Å². The van der Waals surface area contributed by atoms with Crippen LogP contribution in [0.5, 0.6) is 5.75 Å². The molecule has 0 unspecified atom stereocenters. The number of hydroxylamine groups is 2. The van der Waals surface area contributed by atoms with Crippen molar-refractivity contribution < 1.29 is 23.8 Å². The van der Waals surface area contributed by atoms with Crippen LogP contribution in [0.3, 0.4) is 0 Å². The summed E-state index contributed by atoms with van der Waals surface area (Å²) in [6, 6.07) is 7.69. The number of hydrogen-bond acceptors (Lipinski definition) is 6. The van der Waals surface area contributed by atoms with Gasteiger partial charge in [0, 0.05) is 6.42 Å². The fourth-order valence-electron chi connectivity index (χ4n) is 2.08. The largest absolute Gasteiger partial charge is 0.497 e. The Morgan fingerprint density at radius 3 is 2.96 bits per heavy atom. The van der Waals surface area contributed by atoms with E-state index in [2.05, 4.69) is 0 Å². The fourth-order valence-corrected chi connectivity index (χ4v) is 2.64. The monoisotopic (exact) mass is 339 g/mol. The minimum atomic E-state index is -0.736. The van der Waals surface area contributed by atoms with Gasteiger partial charge in [0.15, 0.2) is 0 Å². The lowest BCUT2D eigenvalue weighted by Crippen LogP contribution is -2.16. The van der Waals surface area contributed by atoms with Gasteiger partial charge in [0.2, 0.25) is 5.09 Å². The molecule has 1 fully saturated rings. The zero-order valence-electron chi connectivity index (χ0n) is 13.1. The summed E-state index contributed by atoms with van der Waals surface area (Å²) in [4.78, 5) is 16.0. The van der Waals surface area contributed by atoms with Crippen molar-refractivity contribution in [1.82, 2.24) is 5.23 Å². The SMILES string of the molecule is COc1cccc(/C=C2/ON(CCCCCCC(=O)O)OS2)c1. The summed E-state index contributed by atoms with van der Waals surface area (Å²) in [6.45, 7) is 0.648. The molecule has 7 heteroatoms. The van der Waals surface area contributed by atoms with E-state index in [-0.39, 0.29) is 6.42 Å². The topological polar surface area (TPSA) is 68.2 Å². The maximum absolute atomic E-state index is 10.4. The second-order valence-electron chi connectivity index (χ2n) is 5.10. The van der Waals surface area contributed by atoms with Gasteiger partial charge in [-0.15, -0.1) is 0 Å². The average Bonchev–Trinajstić information content (AvgIpc) is 2.98. The smallest absolute Gasteiger partial charge is 0.303 e. The van der Waals surface area contributed by atoms with Crippen molar-refractivity contribution in [3.8, 4) is 5.75 Å². The summed E-state index contributed by atoms with van der Waals surface area (Å²) in [6.07, 6.45) is 5.59. The highest BCUT2D eigenvalue weighted by Gasteiger charge is 2.20. The average molecular weight is 339 g/mol. The molecule has 6 nitrogen and oxygen atoms in total. The fraction of sp³-hybridized carbons (Fsp3) is 0.438. The normalized spacial score (nSPS) is 16.5. The van der Waals surface area contributed by atoms with E-state index in [9.17, 15) is 4.79 Å². The first-order valence-electron chi connectivity index (χ1n) is 7.55. The van der Waals surface area contributed by atoms with E-state index in [1.54, 1.807) is 7.11 Å². The maximum Gasteiger partial charge on any atom is 0.303 e. The van der Waals surface area contributed by atoms with E-state index in [4.69, 9.17) is 19.0 Å². The van der Waals surface area contributed by atoms with Crippen LogP contribution in [0.4, 0.5) is 0 Å². The Hall–Kier alpha value is -1.70. The Bertz CT molecular complexity index is 549. The number of methoxy groups -OCH3 is 1. The third-order valence-corrected chi connectivity index (χ3v) is 3.85. The number of nitrogens with zero attached hydrogens (tertiary/aromatic N) is 1. The van der Waals surface area contributed by atoms with Crippen LogP contribution < -0.4 is 4.74 Å². The highest BCUT2D eigenvalue weighted by atomic mass is 32.2. The van der Waals surface area contributed by atoms with Crippen molar-refractivity contribution in [3.63, 3.8) is 0 Å². The first kappa shape index (κ1) is 17.7. The number of aliphatic carboxylic acids is 1. The number of ether oxygens (including phenoxy) is 1. The minimum absolute atomic E-state index is 0.236. The van der Waals surface area contributed by atoms with E-state index in [1.807, 2.05) is 30.3 Å². The lowest BCUT2D eigenvalue weighted by atomic mass is 10.1. The van der Waals surface area contributed by atoms with E-state index < -0.39 is 5.97 Å². The molecule has 0 radical (unpaired) electrons. The van der Waals surface area contributed by atoms with Crippen molar-refractivity contribution in [2.24, 2.45) is 0 Å². The van der Waals surface area contributed by atoms with Crippen LogP contribution in [0.1, 0.15) is 37.7 Å². The van der Waals surface area contributed by atoms with Gasteiger partial charge in [-0.1, -0.05) is 25.0 Å². The van der Waals surface area contributed by atoms with E-state index >= 15 is 0 Å². The maximum atomic E-state index is 10.4. The second-order valence-corrected chi connectivity index (χ2v) is 5.82. The van der Waals surface area contributed by atoms with Crippen molar-refractivity contribution >= 4 is 24.1 Å². The summed E-state index contributed by atoms with van der Waals surface area (Å²) >= 11 is 1.18. The number of carboxylic acids is 1. The quantitative estimate of drug-likeness (QED) is 0.541. The molecule has 0 saturated carbocycles. The van der Waals surface area contributed by atoms with Gasteiger partial charge < -0.3 is 14.7 Å². The van der Waals surface area contributed by atoms with Gasteiger partial charge in [-0.05, 0) is 41.8 Å². The molecule has 1 saturated heterocycles. The van der Waals surface area contributed by atoms with E-state index in [0.29, 0.717) is 18.1 Å². The number of carboxylic acid groups (broad SMARTS) is 1. The van der Waals surface area contributed by atoms with Crippen LogP contribution >= 0.6 is 12.0 Å². The van der Waals surface area contributed by atoms with Crippen LogP contribution in [0.25, 0.3) is 6.08 Å². The number of unbranched alkanes of at least 4 members (excludes halogenated alkanes) is 3. The van der Waals surface area contributed by atoms with Crippen LogP contribution in [-0.4, -0.2) is 30.0 Å². The lowest BCUT2D eigenvalue weighted by molar-refractivity contribution is -0.259. The van der Waals surface area contributed by atoms with E-state index in [1.165, 1.54) is 17.3 Å². The molecule has 0 spiro atoms. The molecule has 0 bridgehead atoms. The molecule has 1 N–H and O–H groups in total. The second kappa shape index (κ2) is 9.44. The molecule has 2 rings (SSSR count). The van der Waals surface area contributed by atoms with E-state index in [0.717, 1.165) is 30.6 Å². The van der Waals surface area contributed by atoms with Crippen molar-refractivity contribution in [1.29, 1.82) is 0 Å². The zero-order chi connectivity index (χ0) is 16.5. The summed E-state index contributed by atoms with van der Waals surface area (Å²) in [5.74, 6) is 0.0569. The Balaban J connectivity index is 1.69. The minimum Gasteiger partial charge on any atom is -0.497 e. The molecular weight excluding hydrogens is 318 g/mol.